The molecule has 2 unspecified atom stereocenters. The third-order valence-electron chi connectivity index (χ3n) is 8.92. The summed E-state index contributed by atoms with van der Waals surface area (Å²) in [7, 11) is 1.96. The smallest absolute Gasteiger partial charge is 0.245 e. The maximum absolute atomic E-state index is 12.0. The third-order valence-corrected chi connectivity index (χ3v) is 9.42. The van der Waals surface area contributed by atoms with Crippen molar-refractivity contribution < 1.29 is 4.79 Å². The van der Waals surface area contributed by atoms with Gasteiger partial charge in [0.1, 0.15) is 0 Å². The maximum Gasteiger partial charge on any atom is 0.245 e. The first kappa shape index (κ1) is 23.5. The molecule has 2 aliphatic heterocycles. The number of aryl methyl sites for hydroxylation is 2. The molecule has 1 saturated heterocycles. The van der Waals surface area contributed by atoms with Crippen molar-refractivity contribution in [1.82, 2.24) is 29.9 Å². The molecule has 194 valence electrons. The largest absolute Gasteiger partial charge is 0.338 e. The highest BCUT2D eigenvalue weighted by Crippen LogP contribution is 2.53. The van der Waals surface area contributed by atoms with E-state index >= 15 is 0 Å². The summed E-state index contributed by atoms with van der Waals surface area (Å²) in [6.07, 6.45) is 7.26. The van der Waals surface area contributed by atoms with Gasteiger partial charge in [-0.25, -0.2) is 0 Å². The Morgan fingerprint density at radius 1 is 1.24 bits per heavy atom. The summed E-state index contributed by atoms with van der Waals surface area (Å²) in [5, 5.41) is 22.4. The minimum atomic E-state index is -0.0200. The van der Waals surface area contributed by atoms with Crippen LogP contribution in [0.4, 0.5) is 0 Å². The molecule has 2 atom stereocenters. The molecule has 1 amide bonds. The first-order valence-corrected chi connectivity index (χ1v) is 13.5. The number of carbonyl (C=O) groups excluding carboxylic acids is 1. The van der Waals surface area contributed by atoms with Gasteiger partial charge in [0.15, 0.2) is 0 Å². The number of hydrogen-bond acceptors (Lipinski definition) is 5. The van der Waals surface area contributed by atoms with Gasteiger partial charge in [-0.2, -0.15) is 15.3 Å². The van der Waals surface area contributed by atoms with Crippen LogP contribution in [0.1, 0.15) is 42.4 Å². The topological polar surface area (TPSA) is 82.4 Å². The number of nitrogens with one attached hydrogen (secondary N) is 1. The second kappa shape index (κ2) is 8.17. The summed E-state index contributed by atoms with van der Waals surface area (Å²) in [5.41, 5.74) is 6.49. The van der Waals surface area contributed by atoms with Crippen molar-refractivity contribution in [3.63, 3.8) is 0 Å². The molecule has 9 heteroatoms. The zero-order valence-corrected chi connectivity index (χ0v) is 22.5. The Morgan fingerprint density at radius 2 is 2.03 bits per heavy atom. The van der Waals surface area contributed by atoms with E-state index in [-0.39, 0.29) is 23.3 Å². The molecule has 0 radical (unpaired) electrons. The summed E-state index contributed by atoms with van der Waals surface area (Å²) >= 11 is 7.06. The highest BCUT2D eigenvalue weighted by Gasteiger charge is 2.56. The fourth-order valence-electron chi connectivity index (χ4n) is 6.98. The van der Waals surface area contributed by atoms with Crippen LogP contribution in [0.15, 0.2) is 54.4 Å². The zero-order valence-electron chi connectivity index (χ0n) is 21.8. The summed E-state index contributed by atoms with van der Waals surface area (Å²) in [6.45, 7) is 9.56. The summed E-state index contributed by atoms with van der Waals surface area (Å²) in [4.78, 5) is 13.9. The SMILES string of the molecule is C=CC(=O)N1CC2(CC(N3N=C(c4ccc5c(cnn5C)c4)C(c4c(Cl)c(C)cc5[nH]ncc45)C3C)C2)C1. The fraction of sp³-hybridized carbons (Fsp3) is 0.379. The number of hydrazone groups is 1. The van der Waals surface area contributed by atoms with E-state index in [0.29, 0.717) is 6.04 Å². The van der Waals surface area contributed by atoms with Crippen molar-refractivity contribution in [2.24, 2.45) is 17.6 Å². The predicted molar refractivity (Wildman–Crippen MR) is 149 cm³/mol. The first-order chi connectivity index (χ1) is 18.3. The van der Waals surface area contributed by atoms with Crippen LogP contribution in [0.3, 0.4) is 0 Å². The Morgan fingerprint density at radius 3 is 2.79 bits per heavy atom. The molecule has 3 aliphatic rings. The Kier molecular flexibility index (Phi) is 5.05. The van der Waals surface area contributed by atoms with E-state index in [9.17, 15) is 4.79 Å². The van der Waals surface area contributed by atoms with Crippen molar-refractivity contribution in [3.05, 3.63) is 71.0 Å². The molecular weight excluding hydrogens is 498 g/mol. The van der Waals surface area contributed by atoms with E-state index in [1.165, 1.54) is 6.08 Å². The van der Waals surface area contributed by atoms with E-state index in [4.69, 9.17) is 16.7 Å². The van der Waals surface area contributed by atoms with Crippen LogP contribution in [0.5, 0.6) is 0 Å². The normalized spacial score (nSPS) is 22.7. The van der Waals surface area contributed by atoms with Gasteiger partial charge >= 0.3 is 0 Å². The number of aromatic amines is 1. The Hall–Kier alpha value is -3.65. The molecule has 38 heavy (non-hydrogen) atoms. The number of aromatic nitrogens is 4. The maximum atomic E-state index is 12.0. The molecule has 1 spiro atoms. The second-order valence-corrected chi connectivity index (χ2v) is 11.7. The number of hydrogen-bond donors (Lipinski definition) is 1. The zero-order chi connectivity index (χ0) is 26.3. The molecule has 8 nitrogen and oxygen atoms in total. The summed E-state index contributed by atoms with van der Waals surface area (Å²) < 4.78 is 1.89. The molecule has 1 aliphatic carbocycles. The van der Waals surface area contributed by atoms with Crippen LogP contribution in [0.2, 0.25) is 5.02 Å². The van der Waals surface area contributed by atoms with Crippen LogP contribution >= 0.6 is 11.6 Å². The van der Waals surface area contributed by atoms with E-state index in [1.54, 1.807) is 0 Å². The van der Waals surface area contributed by atoms with Crippen molar-refractivity contribution >= 4 is 45.0 Å². The van der Waals surface area contributed by atoms with Gasteiger partial charge in [-0.05, 0) is 67.7 Å². The number of fused-ring (bicyclic) bond motifs is 2. The van der Waals surface area contributed by atoms with Crippen LogP contribution in [0, 0.1) is 12.3 Å². The Bertz CT molecular complexity index is 1650. The molecule has 2 aromatic heterocycles. The lowest BCUT2D eigenvalue weighted by molar-refractivity contribution is -0.153. The molecule has 1 saturated carbocycles. The molecule has 4 aromatic rings. The van der Waals surface area contributed by atoms with Gasteiger partial charge in [0.05, 0.1) is 41.1 Å². The number of nitrogens with zero attached hydrogens (tertiary/aromatic N) is 6. The number of amides is 1. The molecular formula is C29H30ClN7O. The molecule has 4 heterocycles. The van der Waals surface area contributed by atoms with E-state index in [0.717, 1.165) is 75.2 Å². The fourth-order valence-corrected chi connectivity index (χ4v) is 7.25. The number of likely N-dealkylation sites (tertiary alicyclic amines) is 1. The van der Waals surface area contributed by atoms with Crippen molar-refractivity contribution in [2.45, 2.75) is 44.7 Å². The minimum absolute atomic E-state index is 0.0200. The highest BCUT2D eigenvalue weighted by molar-refractivity contribution is 6.34. The predicted octanol–water partition coefficient (Wildman–Crippen LogP) is 4.78. The molecule has 1 N–H and O–H groups in total. The molecule has 7 rings (SSSR count). The lowest BCUT2D eigenvalue weighted by atomic mass is 9.60. The quantitative estimate of drug-likeness (QED) is 0.387. The Balaban J connectivity index is 1.28. The van der Waals surface area contributed by atoms with Crippen LogP contribution in [0.25, 0.3) is 21.8 Å². The van der Waals surface area contributed by atoms with Crippen molar-refractivity contribution in [1.29, 1.82) is 0 Å². The highest BCUT2D eigenvalue weighted by atomic mass is 35.5. The monoisotopic (exact) mass is 527 g/mol. The van der Waals surface area contributed by atoms with Crippen LogP contribution < -0.4 is 0 Å². The van der Waals surface area contributed by atoms with E-state index in [1.807, 2.05) is 35.9 Å². The number of benzene rings is 2. The standard InChI is InChI=1S/C29H30ClN7O/c1-5-24(38)36-14-29(15-36)10-20(11-29)37-17(3)25(26-21-13-31-33-22(21)8-16(2)27(26)30)28(34-37)18-6-7-23-19(9-18)12-32-35(23)4/h5-9,12-13,17,20,25H,1,10-11,14-15H2,2-4H3,(H,31,33). The lowest BCUT2D eigenvalue weighted by Crippen LogP contribution is -2.67. The number of H-pyrrole nitrogens is 1. The summed E-state index contributed by atoms with van der Waals surface area (Å²) in [5.74, 6) is 0.00593. The van der Waals surface area contributed by atoms with Gasteiger partial charge in [0.2, 0.25) is 5.91 Å². The number of rotatable bonds is 4. The molecule has 2 aromatic carbocycles. The number of halogens is 1. The average molecular weight is 528 g/mol. The van der Waals surface area contributed by atoms with Crippen molar-refractivity contribution in [2.75, 3.05) is 13.1 Å². The molecule has 2 fully saturated rings. The van der Waals surface area contributed by atoms with Crippen molar-refractivity contribution in [3.8, 4) is 0 Å². The second-order valence-electron chi connectivity index (χ2n) is 11.3. The van der Waals surface area contributed by atoms with Gasteiger partial charge in [0, 0.05) is 47.4 Å². The van der Waals surface area contributed by atoms with Gasteiger partial charge in [-0.15, -0.1) is 0 Å². The third kappa shape index (κ3) is 3.29. The average Bonchev–Trinajstić information content (AvgIpc) is 3.56. The number of carbonyl (C=O) groups is 1. The van der Waals surface area contributed by atoms with Gasteiger partial charge < -0.3 is 4.90 Å². The van der Waals surface area contributed by atoms with Gasteiger partial charge in [-0.1, -0.05) is 24.2 Å². The Labute approximate surface area is 225 Å². The van der Waals surface area contributed by atoms with E-state index in [2.05, 4.69) is 58.1 Å². The van der Waals surface area contributed by atoms with Gasteiger partial charge in [-0.3, -0.25) is 19.6 Å². The van der Waals surface area contributed by atoms with Crippen LogP contribution in [-0.4, -0.2) is 66.7 Å². The minimum Gasteiger partial charge on any atom is -0.338 e. The first-order valence-electron chi connectivity index (χ1n) is 13.1. The van der Waals surface area contributed by atoms with Crippen LogP contribution in [-0.2, 0) is 11.8 Å². The molecule has 0 bridgehead atoms. The van der Waals surface area contributed by atoms with E-state index < -0.39 is 0 Å². The summed E-state index contributed by atoms with van der Waals surface area (Å²) in [6, 6.07) is 8.96. The lowest BCUT2D eigenvalue weighted by Gasteiger charge is -2.60. The van der Waals surface area contributed by atoms with Gasteiger partial charge in [0.25, 0.3) is 0 Å².